The molecule has 0 radical (unpaired) electrons. The largest absolute Gasteiger partial charge is 0.268 e. The number of anilines is 1. The minimum absolute atomic E-state index is 0.248. The van der Waals surface area contributed by atoms with Gasteiger partial charge in [-0.1, -0.05) is 36.4 Å². The van der Waals surface area contributed by atoms with Crippen molar-refractivity contribution in [3.05, 3.63) is 76.3 Å². The molecule has 0 fully saturated rings. The van der Waals surface area contributed by atoms with Gasteiger partial charge in [0.05, 0.1) is 16.8 Å². The van der Waals surface area contributed by atoms with Crippen molar-refractivity contribution in [2.75, 3.05) is 4.90 Å². The van der Waals surface area contributed by atoms with Gasteiger partial charge in [-0.2, -0.15) is 12.6 Å². The number of carbonyl (C=O) groups is 2. The van der Waals surface area contributed by atoms with Gasteiger partial charge in [-0.05, 0) is 53.8 Å². The zero-order chi connectivity index (χ0) is 17.7. The Balaban J connectivity index is 1.93. The van der Waals surface area contributed by atoms with E-state index in [0.717, 1.165) is 27.8 Å². The van der Waals surface area contributed by atoms with Crippen molar-refractivity contribution < 1.29 is 9.59 Å². The highest BCUT2D eigenvalue weighted by molar-refractivity contribution is 7.79. The first-order valence-electron chi connectivity index (χ1n) is 8.15. The normalized spacial score (nSPS) is 13.6. The van der Waals surface area contributed by atoms with Gasteiger partial charge < -0.3 is 0 Å². The van der Waals surface area contributed by atoms with E-state index in [4.69, 9.17) is 0 Å². The van der Waals surface area contributed by atoms with E-state index < -0.39 is 0 Å². The first-order valence-corrected chi connectivity index (χ1v) is 8.78. The fraction of sp³-hybridized carbons (Fsp3) is 0.143. The number of carbonyl (C=O) groups excluding carboxylic acids is 2. The van der Waals surface area contributed by atoms with Crippen LogP contribution in [-0.2, 0) is 5.75 Å². The van der Waals surface area contributed by atoms with Gasteiger partial charge in [0.15, 0.2) is 0 Å². The molecule has 2 amide bonds. The Morgan fingerprint density at radius 3 is 1.68 bits per heavy atom. The van der Waals surface area contributed by atoms with Gasteiger partial charge in [-0.3, -0.25) is 9.59 Å². The third-order valence-corrected chi connectivity index (χ3v) is 5.30. The number of amides is 2. The number of fused-ring (bicyclic) bond motifs is 2. The van der Waals surface area contributed by atoms with E-state index in [1.165, 1.54) is 4.90 Å². The van der Waals surface area contributed by atoms with Crippen LogP contribution < -0.4 is 4.90 Å². The molecule has 3 nitrogen and oxygen atoms in total. The summed E-state index contributed by atoms with van der Waals surface area (Å²) in [6.45, 7) is 3.93. The molecule has 0 saturated carbocycles. The maximum Gasteiger partial charge on any atom is 0.266 e. The Morgan fingerprint density at radius 2 is 1.24 bits per heavy atom. The van der Waals surface area contributed by atoms with E-state index in [1.54, 1.807) is 24.3 Å². The van der Waals surface area contributed by atoms with Crippen LogP contribution in [0.2, 0.25) is 0 Å². The lowest BCUT2D eigenvalue weighted by molar-refractivity contribution is 0.0926. The third-order valence-electron chi connectivity index (χ3n) is 4.94. The molecule has 124 valence electrons. The minimum Gasteiger partial charge on any atom is -0.268 e. The Labute approximate surface area is 152 Å². The molecule has 1 aromatic rings. The van der Waals surface area contributed by atoms with Crippen molar-refractivity contribution in [1.29, 1.82) is 0 Å². The van der Waals surface area contributed by atoms with Crippen molar-refractivity contribution in [1.82, 2.24) is 0 Å². The molecule has 0 N–H and O–H groups in total. The maximum atomic E-state index is 12.8. The lowest BCUT2D eigenvalue weighted by atomic mass is 10.1. The number of nitrogens with zero attached hydrogens (tertiary/aromatic N) is 1. The molecule has 1 aromatic carbocycles. The van der Waals surface area contributed by atoms with E-state index in [1.807, 2.05) is 38.1 Å². The molecule has 0 aromatic heterocycles. The molecule has 4 rings (SSSR count). The quantitative estimate of drug-likeness (QED) is 0.542. The smallest absolute Gasteiger partial charge is 0.266 e. The molecule has 0 spiro atoms. The summed E-state index contributed by atoms with van der Waals surface area (Å²) >= 11 is 4.33. The van der Waals surface area contributed by atoms with Gasteiger partial charge in [-0.25, -0.2) is 4.90 Å². The summed E-state index contributed by atoms with van der Waals surface area (Å²) in [6, 6.07) is 15.2. The van der Waals surface area contributed by atoms with Gasteiger partial charge in [0.1, 0.15) is 0 Å². The first kappa shape index (κ1) is 15.9. The zero-order valence-corrected chi connectivity index (χ0v) is 14.9. The van der Waals surface area contributed by atoms with E-state index in [-0.39, 0.29) is 11.8 Å². The molecule has 1 aliphatic heterocycles. The van der Waals surface area contributed by atoms with Gasteiger partial charge in [0, 0.05) is 5.75 Å². The lowest BCUT2D eigenvalue weighted by Gasteiger charge is -2.15. The van der Waals surface area contributed by atoms with E-state index in [2.05, 4.69) is 12.6 Å². The first-order chi connectivity index (χ1) is 12.0. The van der Waals surface area contributed by atoms with E-state index in [0.29, 0.717) is 22.6 Å². The average molecular weight is 347 g/mol. The van der Waals surface area contributed by atoms with Crippen LogP contribution in [0.25, 0.3) is 11.1 Å². The van der Waals surface area contributed by atoms with E-state index >= 15 is 0 Å². The van der Waals surface area contributed by atoms with Crippen molar-refractivity contribution >= 4 is 30.1 Å². The molecule has 0 bridgehead atoms. The van der Waals surface area contributed by atoms with Crippen LogP contribution >= 0.6 is 12.6 Å². The molecule has 3 aliphatic rings. The number of hydrogen-bond acceptors (Lipinski definition) is 3. The van der Waals surface area contributed by atoms with Crippen LogP contribution in [0.5, 0.6) is 0 Å². The molecule has 25 heavy (non-hydrogen) atoms. The number of rotatable bonds is 2. The van der Waals surface area contributed by atoms with Crippen LogP contribution in [0.3, 0.4) is 0 Å². The summed E-state index contributed by atoms with van der Waals surface area (Å²) in [7, 11) is 0. The summed E-state index contributed by atoms with van der Waals surface area (Å²) < 4.78 is 0. The fourth-order valence-corrected chi connectivity index (χ4v) is 3.85. The van der Waals surface area contributed by atoms with Gasteiger partial charge in [0.2, 0.25) is 0 Å². The lowest BCUT2D eigenvalue weighted by Crippen LogP contribution is -2.30. The van der Waals surface area contributed by atoms with Crippen molar-refractivity contribution in [2.45, 2.75) is 19.6 Å². The van der Waals surface area contributed by atoms with E-state index in [9.17, 15) is 9.59 Å². The minimum atomic E-state index is -0.248. The standard InChI is InChI=1S/C21H17NO2S/c1-12-15-9-7-14(11-25)8-10-16(15)13(2)19(12)22-20(23)17-5-3-4-6-18(17)21(22)24/h3-10,25H,11H2,1-2H3. The number of imide groups is 1. The average Bonchev–Trinajstić information content (AvgIpc) is 2.91. The van der Waals surface area contributed by atoms with Crippen LogP contribution in [0.15, 0.2) is 48.5 Å². The third kappa shape index (κ3) is 2.21. The Kier molecular flexibility index (Phi) is 3.65. The van der Waals surface area contributed by atoms with Crippen LogP contribution in [0.4, 0.5) is 5.69 Å². The van der Waals surface area contributed by atoms with Gasteiger partial charge in [-0.15, -0.1) is 0 Å². The van der Waals surface area contributed by atoms with Crippen molar-refractivity contribution in [2.24, 2.45) is 0 Å². The topological polar surface area (TPSA) is 37.4 Å². The molecule has 0 atom stereocenters. The Hall–Kier alpha value is -2.59. The molecule has 0 unspecified atom stereocenters. The monoisotopic (exact) mass is 347 g/mol. The Bertz CT molecular complexity index is 934. The van der Waals surface area contributed by atoms with Crippen LogP contribution in [0, 0.1) is 13.8 Å². The SMILES string of the molecule is Cc1c2ccc(CS)ccc-2c(C)c1N1C(=O)c2ccccc2C1=O. The highest BCUT2D eigenvalue weighted by atomic mass is 32.1. The maximum absolute atomic E-state index is 12.8. The van der Waals surface area contributed by atoms with Crippen molar-refractivity contribution in [3.8, 4) is 11.1 Å². The fourth-order valence-electron chi connectivity index (χ4n) is 3.64. The van der Waals surface area contributed by atoms with Crippen LogP contribution in [0.1, 0.15) is 37.4 Å². The molecule has 1 heterocycles. The highest BCUT2D eigenvalue weighted by Crippen LogP contribution is 2.43. The number of benzene rings is 1. The number of thiol groups is 1. The molecule has 0 saturated heterocycles. The summed E-state index contributed by atoms with van der Waals surface area (Å²) in [6.07, 6.45) is 0. The van der Waals surface area contributed by atoms with Crippen molar-refractivity contribution in [3.63, 3.8) is 0 Å². The summed E-state index contributed by atoms with van der Waals surface area (Å²) in [4.78, 5) is 27.0. The van der Waals surface area contributed by atoms with Gasteiger partial charge in [0.25, 0.3) is 11.8 Å². The second kappa shape index (κ2) is 5.74. The molecule has 4 heteroatoms. The molecular formula is C21H17NO2S. The predicted molar refractivity (Wildman–Crippen MR) is 103 cm³/mol. The summed E-state index contributed by atoms with van der Waals surface area (Å²) in [5.74, 6) is 0.172. The summed E-state index contributed by atoms with van der Waals surface area (Å²) in [5, 5.41) is 0. The highest BCUT2D eigenvalue weighted by Gasteiger charge is 2.39. The molecular weight excluding hydrogens is 330 g/mol. The summed E-state index contributed by atoms with van der Waals surface area (Å²) in [5.41, 5.74) is 6.78. The predicted octanol–water partition coefficient (Wildman–Crippen LogP) is 4.64. The Morgan fingerprint density at radius 1 is 0.760 bits per heavy atom. The second-order valence-electron chi connectivity index (χ2n) is 6.32. The van der Waals surface area contributed by atoms with Crippen LogP contribution in [-0.4, -0.2) is 11.8 Å². The molecule has 2 aliphatic carbocycles. The number of hydrogen-bond donors (Lipinski definition) is 1. The zero-order valence-electron chi connectivity index (χ0n) is 14.0. The van der Waals surface area contributed by atoms with Gasteiger partial charge >= 0.3 is 0 Å². The second-order valence-corrected chi connectivity index (χ2v) is 6.63.